The average molecular weight is 565 g/mol. The second-order valence-electron chi connectivity index (χ2n) is 11.0. The summed E-state index contributed by atoms with van der Waals surface area (Å²) in [7, 11) is 0. The number of hydrogen-bond donors (Lipinski definition) is 0. The summed E-state index contributed by atoms with van der Waals surface area (Å²) in [5.74, 6) is 0.744. The van der Waals surface area contributed by atoms with Crippen molar-refractivity contribution in [3.05, 3.63) is 146 Å². The molecule has 0 aliphatic carbocycles. The highest BCUT2D eigenvalue weighted by Gasteiger charge is 2.17. The molecule has 43 heavy (non-hydrogen) atoms. The van der Waals surface area contributed by atoms with Crippen LogP contribution in [0.4, 0.5) is 0 Å². The Balaban J connectivity index is 1.25. The molecular formula is C40H24N2S. The van der Waals surface area contributed by atoms with E-state index in [0.717, 1.165) is 38.4 Å². The van der Waals surface area contributed by atoms with E-state index in [-0.39, 0.29) is 0 Å². The molecule has 0 aliphatic heterocycles. The van der Waals surface area contributed by atoms with Crippen molar-refractivity contribution >= 4 is 64.0 Å². The molecule has 9 rings (SSSR count). The SMILES string of the molecule is c1ccc(-c2nc(-c3cccc(-c4ccc5c6ccccc6c6ccccc6c5c4)c3)nc3c2sc2ccccc23)cc1. The second-order valence-corrected chi connectivity index (χ2v) is 12.0. The number of benzene rings is 7. The smallest absolute Gasteiger partial charge is 0.160 e. The fourth-order valence-electron chi connectivity index (χ4n) is 6.44. The van der Waals surface area contributed by atoms with Gasteiger partial charge in [-0.2, -0.15) is 0 Å². The van der Waals surface area contributed by atoms with Gasteiger partial charge in [-0.25, -0.2) is 9.97 Å². The summed E-state index contributed by atoms with van der Waals surface area (Å²) in [6, 6.07) is 52.0. The van der Waals surface area contributed by atoms with Crippen molar-refractivity contribution in [1.29, 1.82) is 0 Å². The lowest BCUT2D eigenvalue weighted by molar-refractivity contribution is 1.24. The molecule has 0 aliphatic rings. The zero-order valence-corrected chi connectivity index (χ0v) is 24.0. The summed E-state index contributed by atoms with van der Waals surface area (Å²) < 4.78 is 2.35. The van der Waals surface area contributed by atoms with E-state index in [2.05, 4.69) is 140 Å². The molecule has 2 aromatic heterocycles. The Morgan fingerprint density at radius 1 is 0.372 bits per heavy atom. The Bertz CT molecular complexity index is 2470. The van der Waals surface area contributed by atoms with Gasteiger partial charge in [-0.1, -0.05) is 127 Å². The van der Waals surface area contributed by atoms with Crippen molar-refractivity contribution in [2.24, 2.45) is 0 Å². The quantitative estimate of drug-likeness (QED) is 0.199. The Morgan fingerprint density at radius 2 is 0.930 bits per heavy atom. The van der Waals surface area contributed by atoms with Crippen molar-refractivity contribution in [3.63, 3.8) is 0 Å². The topological polar surface area (TPSA) is 25.8 Å². The molecule has 0 unspecified atom stereocenters. The van der Waals surface area contributed by atoms with Gasteiger partial charge in [0, 0.05) is 21.2 Å². The molecule has 200 valence electrons. The normalized spacial score (nSPS) is 11.7. The van der Waals surface area contributed by atoms with Crippen molar-refractivity contribution in [2.45, 2.75) is 0 Å². The summed E-state index contributed by atoms with van der Waals surface area (Å²) >= 11 is 1.76. The van der Waals surface area contributed by atoms with Crippen molar-refractivity contribution < 1.29 is 0 Å². The van der Waals surface area contributed by atoms with Crippen LogP contribution in [-0.4, -0.2) is 9.97 Å². The van der Waals surface area contributed by atoms with Gasteiger partial charge in [-0.3, -0.25) is 0 Å². The van der Waals surface area contributed by atoms with Crippen LogP contribution in [0, 0.1) is 0 Å². The standard InChI is InChI=1S/C40H24N2S/c1-2-11-25(12-3-1)37-39-38(34-19-8-9-20-36(34)43-39)42-40(41-37)28-14-10-13-26(23-28)27-21-22-33-31-17-5-4-15-29(31)30-16-6-7-18-32(30)35(33)24-27/h1-24H. The van der Waals surface area contributed by atoms with Crippen molar-refractivity contribution in [1.82, 2.24) is 9.97 Å². The molecule has 0 spiro atoms. The monoisotopic (exact) mass is 564 g/mol. The molecule has 2 nitrogen and oxygen atoms in total. The Hall–Kier alpha value is -5.38. The Kier molecular flexibility index (Phi) is 5.40. The first-order valence-corrected chi connectivity index (χ1v) is 15.3. The molecule has 0 radical (unpaired) electrons. The lowest BCUT2D eigenvalue weighted by atomic mass is 9.92. The Labute approximate surface area is 252 Å². The first kappa shape index (κ1) is 24.2. The molecule has 0 atom stereocenters. The van der Waals surface area contributed by atoms with Gasteiger partial charge in [0.25, 0.3) is 0 Å². The van der Waals surface area contributed by atoms with Crippen LogP contribution >= 0.6 is 11.3 Å². The van der Waals surface area contributed by atoms with Gasteiger partial charge in [0.2, 0.25) is 0 Å². The molecule has 9 aromatic rings. The van der Waals surface area contributed by atoms with E-state index < -0.39 is 0 Å². The van der Waals surface area contributed by atoms with Gasteiger partial charge in [0.15, 0.2) is 5.82 Å². The zero-order valence-electron chi connectivity index (χ0n) is 23.2. The largest absolute Gasteiger partial charge is 0.226 e. The summed E-state index contributed by atoms with van der Waals surface area (Å²) in [5, 5.41) is 8.87. The predicted molar refractivity (Wildman–Crippen MR) is 184 cm³/mol. The molecule has 3 heteroatoms. The first-order valence-electron chi connectivity index (χ1n) is 14.5. The third kappa shape index (κ3) is 3.86. The maximum atomic E-state index is 5.20. The van der Waals surface area contributed by atoms with Crippen molar-refractivity contribution in [2.75, 3.05) is 0 Å². The van der Waals surface area contributed by atoms with Crippen molar-refractivity contribution in [3.8, 4) is 33.8 Å². The van der Waals surface area contributed by atoms with Crippen LogP contribution in [0.5, 0.6) is 0 Å². The summed E-state index contributed by atoms with van der Waals surface area (Å²) in [6.45, 7) is 0. The maximum Gasteiger partial charge on any atom is 0.160 e. The maximum absolute atomic E-state index is 5.20. The van der Waals surface area contributed by atoms with Gasteiger partial charge in [0.05, 0.1) is 15.9 Å². The highest BCUT2D eigenvalue weighted by Crippen LogP contribution is 2.40. The van der Waals surface area contributed by atoms with E-state index >= 15 is 0 Å². The molecule has 0 amide bonds. The summed E-state index contributed by atoms with van der Waals surface area (Å²) in [6.07, 6.45) is 0. The summed E-state index contributed by atoms with van der Waals surface area (Å²) in [5.41, 5.74) is 6.44. The molecule has 2 heterocycles. The first-order chi connectivity index (χ1) is 21.3. The highest BCUT2D eigenvalue weighted by molar-refractivity contribution is 7.26. The van der Waals surface area contributed by atoms with E-state index in [9.17, 15) is 0 Å². The van der Waals surface area contributed by atoms with Crippen LogP contribution in [0.1, 0.15) is 0 Å². The summed E-state index contributed by atoms with van der Waals surface area (Å²) in [4.78, 5) is 10.4. The average Bonchev–Trinajstić information content (AvgIpc) is 3.47. The third-order valence-electron chi connectivity index (χ3n) is 8.47. The zero-order chi connectivity index (χ0) is 28.3. The van der Waals surface area contributed by atoms with E-state index in [1.54, 1.807) is 11.3 Å². The van der Waals surface area contributed by atoms with Crippen LogP contribution in [-0.2, 0) is 0 Å². The fourth-order valence-corrected chi connectivity index (χ4v) is 7.59. The molecule has 0 N–H and O–H groups in total. The minimum absolute atomic E-state index is 0.744. The molecular weight excluding hydrogens is 541 g/mol. The van der Waals surface area contributed by atoms with E-state index in [1.807, 2.05) is 6.07 Å². The van der Waals surface area contributed by atoms with E-state index in [0.29, 0.717) is 0 Å². The number of thiophene rings is 1. The number of fused-ring (bicyclic) bond motifs is 9. The number of rotatable bonds is 3. The number of hydrogen-bond acceptors (Lipinski definition) is 3. The van der Waals surface area contributed by atoms with Crippen LogP contribution < -0.4 is 0 Å². The lowest BCUT2D eigenvalue weighted by Crippen LogP contribution is -1.94. The third-order valence-corrected chi connectivity index (χ3v) is 9.63. The lowest BCUT2D eigenvalue weighted by Gasteiger charge is -2.12. The molecule has 0 fully saturated rings. The van der Waals surface area contributed by atoms with Crippen LogP contribution in [0.3, 0.4) is 0 Å². The van der Waals surface area contributed by atoms with E-state index in [1.165, 1.54) is 48.0 Å². The molecule has 0 bridgehead atoms. The van der Waals surface area contributed by atoms with Gasteiger partial charge < -0.3 is 0 Å². The Morgan fingerprint density at radius 3 is 1.67 bits per heavy atom. The number of aromatic nitrogens is 2. The minimum Gasteiger partial charge on any atom is -0.226 e. The van der Waals surface area contributed by atoms with E-state index in [4.69, 9.17) is 9.97 Å². The highest BCUT2D eigenvalue weighted by atomic mass is 32.1. The van der Waals surface area contributed by atoms with Gasteiger partial charge in [0.1, 0.15) is 0 Å². The van der Waals surface area contributed by atoms with Gasteiger partial charge >= 0.3 is 0 Å². The van der Waals surface area contributed by atoms with Crippen LogP contribution in [0.15, 0.2) is 146 Å². The fraction of sp³-hybridized carbons (Fsp3) is 0. The van der Waals surface area contributed by atoms with Gasteiger partial charge in [-0.05, 0) is 61.6 Å². The molecule has 7 aromatic carbocycles. The number of nitrogens with zero attached hydrogens (tertiary/aromatic N) is 2. The molecule has 0 saturated carbocycles. The van der Waals surface area contributed by atoms with Crippen LogP contribution in [0.25, 0.3) is 86.4 Å². The van der Waals surface area contributed by atoms with Gasteiger partial charge in [-0.15, -0.1) is 11.3 Å². The second kappa shape index (κ2) is 9.59. The molecule has 0 saturated heterocycles. The predicted octanol–water partition coefficient (Wildman–Crippen LogP) is 11.3. The minimum atomic E-state index is 0.744. The van der Waals surface area contributed by atoms with Crippen LogP contribution in [0.2, 0.25) is 0 Å².